The van der Waals surface area contributed by atoms with E-state index in [-0.39, 0.29) is 11.8 Å². The zero-order valence-corrected chi connectivity index (χ0v) is 39.3. The fraction of sp³-hybridized carbons (Fsp3) is 0.313. The highest BCUT2D eigenvalue weighted by Gasteiger charge is 2.56. The van der Waals surface area contributed by atoms with Gasteiger partial charge < -0.3 is 4.40 Å². The van der Waals surface area contributed by atoms with Crippen LogP contribution in [0.5, 0.6) is 0 Å². The maximum absolute atomic E-state index is 6.46. The molecular formula is C67H51N3. The Hall–Kier alpha value is -6.58. The van der Waals surface area contributed by atoms with Gasteiger partial charge in [0.05, 0.1) is 45.2 Å². The van der Waals surface area contributed by atoms with Crippen molar-refractivity contribution in [1.29, 1.82) is 0 Å². The third-order valence-electron chi connectivity index (χ3n) is 21.6. The van der Waals surface area contributed by atoms with E-state index in [4.69, 9.17) is 9.97 Å². The van der Waals surface area contributed by atoms with Crippen LogP contribution >= 0.6 is 0 Å². The Labute approximate surface area is 407 Å². The van der Waals surface area contributed by atoms with Crippen molar-refractivity contribution < 1.29 is 0 Å². The van der Waals surface area contributed by atoms with Crippen LogP contribution < -0.4 is 0 Å². The summed E-state index contributed by atoms with van der Waals surface area (Å²) in [6.45, 7) is 0. The van der Waals surface area contributed by atoms with Gasteiger partial charge >= 0.3 is 0 Å². The molecule has 70 heavy (non-hydrogen) atoms. The zero-order chi connectivity index (χ0) is 44.6. The molecule has 4 unspecified atom stereocenters. The molecule has 10 aromatic rings. The largest absolute Gasteiger partial charge is 0.304 e. The first kappa shape index (κ1) is 36.4. The molecule has 334 valence electrons. The van der Waals surface area contributed by atoms with Gasteiger partial charge in [0.15, 0.2) is 0 Å². The van der Waals surface area contributed by atoms with Crippen LogP contribution in [0.4, 0.5) is 0 Å². The lowest BCUT2D eigenvalue weighted by Gasteiger charge is -2.38. The molecule has 1 spiro atoms. The van der Waals surface area contributed by atoms with Crippen molar-refractivity contribution in [3.63, 3.8) is 0 Å². The molecule has 0 amide bonds. The SMILES string of the molecule is c1ccc2c(c1)-c1ccccc1C21c2ccccc2-c2cc3c4c5c(nc6c4n4c7c(nc8c(c7c(c21)c34)C1CC2CC(CC8C2)C1)C1c2ccccc2C6c2ccccc21)C1CC2CC(C1)CC5C2. The average molecular weight is 898 g/mol. The Balaban J connectivity index is 1.10. The van der Waals surface area contributed by atoms with E-state index in [9.17, 15) is 0 Å². The van der Waals surface area contributed by atoms with E-state index in [0.717, 1.165) is 23.7 Å². The van der Waals surface area contributed by atoms with Crippen LogP contribution in [0.15, 0.2) is 127 Å². The molecule has 6 heterocycles. The van der Waals surface area contributed by atoms with E-state index in [2.05, 4.69) is 132 Å². The quantitative estimate of drug-likeness (QED) is 0.152. The monoisotopic (exact) mass is 897 g/mol. The molecule has 10 bridgehead atoms. The first-order valence-corrected chi connectivity index (χ1v) is 27.3. The molecule has 0 saturated heterocycles. The van der Waals surface area contributed by atoms with Gasteiger partial charge in [-0.1, -0.05) is 121 Å². The van der Waals surface area contributed by atoms with Gasteiger partial charge in [-0.05, 0) is 184 Å². The fourth-order valence-electron chi connectivity index (χ4n) is 20.0. The lowest BCUT2D eigenvalue weighted by atomic mass is 9.67. The summed E-state index contributed by atoms with van der Waals surface area (Å²) in [5.74, 6) is 5.34. The predicted octanol–water partition coefficient (Wildman–Crippen LogP) is 15.7. The third-order valence-corrected chi connectivity index (χ3v) is 21.6. The maximum atomic E-state index is 6.46. The first-order valence-electron chi connectivity index (χ1n) is 27.3. The lowest BCUT2D eigenvalue weighted by Crippen LogP contribution is -2.26. The van der Waals surface area contributed by atoms with Gasteiger partial charge in [0.1, 0.15) is 0 Å². The van der Waals surface area contributed by atoms with Gasteiger partial charge in [-0.25, -0.2) is 0 Å². The molecule has 3 nitrogen and oxygen atoms in total. The minimum absolute atomic E-state index is 0.0212. The Morgan fingerprint density at radius 1 is 0.371 bits per heavy atom. The Morgan fingerprint density at radius 2 is 0.771 bits per heavy atom. The summed E-state index contributed by atoms with van der Waals surface area (Å²) in [6, 6.07) is 50.7. The molecule has 0 N–H and O–H groups in total. The molecule has 6 aromatic carbocycles. The van der Waals surface area contributed by atoms with Crippen molar-refractivity contribution in [2.75, 3.05) is 0 Å². The highest BCUT2D eigenvalue weighted by atomic mass is 15.0. The number of hydrogen-bond acceptors (Lipinski definition) is 2. The van der Waals surface area contributed by atoms with E-state index >= 15 is 0 Å². The number of fused-ring (bicyclic) bond motifs is 13. The molecule has 23 rings (SSSR count). The summed E-state index contributed by atoms with van der Waals surface area (Å²) in [5, 5.41) is 6.14. The Morgan fingerprint density at radius 3 is 1.26 bits per heavy atom. The molecule has 4 saturated carbocycles. The number of nitrogens with zero attached hydrogens (tertiary/aromatic N) is 3. The van der Waals surface area contributed by atoms with E-state index in [1.165, 1.54) is 176 Å². The van der Waals surface area contributed by atoms with Crippen molar-refractivity contribution in [2.24, 2.45) is 23.7 Å². The summed E-state index contributed by atoms with van der Waals surface area (Å²) in [7, 11) is 0. The smallest absolute Gasteiger partial charge is 0.0772 e. The molecular weight excluding hydrogens is 847 g/mol. The standard InChI is InChI=1S/C67H51N3/c1-3-16-45-43(14-1)54-44-15-2-4-17-46(44)55(45)63-66-57(53-37-25-34-22-35(26-37)30-39(29-34)61(53)69-63)58-59-47(42-13-7-10-20-51(42)67(59)49-18-8-5-11-40(49)41-12-6-9-19-50(41)67)31-48-56-52-36-23-32-21-33(24-36)28-38(27-32)60(52)68-62(54)65(56)70(66)64(48)58/h1-20,31-39,54-55H,21-30H2. The molecule has 13 aliphatic rings. The number of aromatic nitrogens is 3. The van der Waals surface area contributed by atoms with Crippen LogP contribution in [0.3, 0.4) is 0 Å². The molecule has 2 aliphatic heterocycles. The van der Waals surface area contributed by atoms with Crippen LogP contribution in [0, 0.1) is 23.7 Å². The van der Waals surface area contributed by atoms with Crippen molar-refractivity contribution in [3.8, 4) is 22.3 Å². The van der Waals surface area contributed by atoms with Gasteiger partial charge in [-0.3, -0.25) is 9.97 Å². The number of pyridine rings is 2. The van der Waals surface area contributed by atoms with Crippen LogP contribution in [-0.2, 0) is 5.41 Å². The molecule has 0 radical (unpaired) electrons. The van der Waals surface area contributed by atoms with E-state index in [0.29, 0.717) is 23.7 Å². The van der Waals surface area contributed by atoms with Crippen molar-refractivity contribution >= 4 is 38.1 Å². The summed E-state index contributed by atoms with van der Waals surface area (Å²) in [6.07, 6.45) is 13.3. The van der Waals surface area contributed by atoms with E-state index in [1.807, 2.05) is 0 Å². The summed E-state index contributed by atoms with van der Waals surface area (Å²) in [4.78, 5) is 12.9. The third kappa shape index (κ3) is 3.88. The van der Waals surface area contributed by atoms with Crippen LogP contribution in [-0.4, -0.2) is 14.4 Å². The van der Waals surface area contributed by atoms with Crippen molar-refractivity contribution in [3.05, 3.63) is 206 Å². The molecule has 4 aromatic heterocycles. The number of benzene rings is 6. The number of rotatable bonds is 0. The van der Waals surface area contributed by atoms with Crippen LogP contribution in [0.25, 0.3) is 60.3 Å². The highest BCUT2D eigenvalue weighted by Crippen LogP contribution is 2.69. The normalized spacial score (nSPS) is 29.5. The topological polar surface area (TPSA) is 30.2 Å². The van der Waals surface area contributed by atoms with Gasteiger partial charge in [-0.15, -0.1) is 0 Å². The first-order chi connectivity index (χ1) is 34.7. The lowest BCUT2D eigenvalue weighted by molar-refractivity contribution is 0.165. The van der Waals surface area contributed by atoms with Crippen LogP contribution in [0.2, 0.25) is 0 Å². The summed E-state index contributed by atoms with van der Waals surface area (Å²) < 4.78 is 2.92. The van der Waals surface area contributed by atoms with Crippen molar-refractivity contribution in [1.82, 2.24) is 14.4 Å². The van der Waals surface area contributed by atoms with E-state index < -0.39 is 5.41 Å². The average Bonchev–Trinajstić information content (AvgIpc) is 4.05. The fourth-order valence-corrected chi connectivity index (χ4v) is 20.0. The Kier molecular flexibility index (Phi) is 6.21. The van der Waals surface area contributed by atoms with Gasteiger partial charge in [-0.2, -0.15) is 0 Å². The zero-order valence-electron chi connectivity index (χ0n) is 39.3. The summed E-state index contributed by atoms with van der Waals surface area (Å²) >= 11 is 0. The molecule has 4 atom stereocenters. The van der Waals surface area contributed by atoms with Gasteiger partial charge in [0.2, 0.25) is 0 Å². The van der Waals surface area contributed by atoms with Gasteiger partial charge in [0.25, 0.3) is 0 Å². The minimum atomic E-state index is -0.463. The molecule has 3 heteroatoms. The Bertz CT molecular complexity index is 4010. The summed E-state index contributed by atoms with van der Waals surface area (Å²) in [5.41, 5.74) is 29.9. The molecule has 4 fully saturated rings. The second-order valence-corrected chi connectivity index (χ2v) is 24.6. The van der Waals surface area contributed by atoms with Crippen LogP contribution in [0.1, 0.15) is 178 Å². The number of hydrogen-bond donors (Lipinski definition) is 0. The van der Waals surface area contributed by atoms with Crippen molar-refractivity contribution in [2.45, 2.75) is 105 Å². The van der Waals surface area contributed by atoms with Gasteiger partial charge in [0, 0.05) is 44.8 Å². The van der Waals surface area contributed by atoms with E-state index in [1.54, 1.807) is 27.3 Å². The minimum Gasteiger partial charge on any atom is -0.304 e. The maximum Gasteiger partial charge on any atom is 0.0772 e. The highest BCUT2D eigenvalue weighted by molar-refractivity contribution is 6.29. The molecule has 11 aliphatic carbocycles. The predicted molar refractivity (Wildman–Crippen MR) is 279 cm³/mol. The second-order valence-electron chi connectivity index (χ2n) is 24.6. The second kappa shape index (κ2) is 11.9.